The molecule has 3 rings (SSSR count). The molecule has 1 atom stereocenters. The quantitative estimate of drug-likeness (QED) is 0.624. The standard InChI is InChI=1S/C23H26N4O/c1-19(21-10-6-3-7-11-21)25-23(28)22(16-24)18-27-14-12-26(13-15-27)17-20-8-4-2-5-9-20/h2-11,18-19H,12-15,17H2,1H3,(H,25,28)/b22-18-. The molecule has 1 N–H and O–H groups in total. The molecule has 1 aliphatic heterocycles. The highest BCUT2D eigenvalue weighted by Crippen LogP contribution is 2.13. The summed E-state index contributed by atoms with van der Waals surface area (Å²) in [5.41, 5.74) is 2.47. The minimum atomic E-state index is -0.328. The van der Waals surface area contributed by atoms with E-state index in [1.54, 1.807) is 6.20 Å². The maximum Gasteiger partial charge on any atom is 0.263 e. The van der Waals surface area contributed by atoms with E-state index in [2.05, 4.69) is 45.5 Å². The summed E-state index contributed by atoms with van der Waals surface area (Å²) in [6.07, 6.45) is 1.70. The molecule has 1 amide bonds. The Morgan fingerprint density at radius 2 is 1.68 bits per heavy atom. The van der Waals surface area contributed by atoms with Gasteiger partial charge in [0.05, 0.1) is 6.04 Å². The topological polar surface area (TPSA) is 59.4 Å². The Morgan fingerprint density at radius 1 is 1.07 bits per heavy atom. The van der Waals surface area contributed by atoms with E-state index in [1.165, 1.54) is 5.56 Å². The molecule has 0 radical (unpaired) electrons. The number of nitrogens with zero attached hydrogens (tertiary/aromatic N) is 3. The molecule has 2 aromatic rings. The van der Waals surface area contributed by atoms with Crippen molar-refractivity contribution in [3.63, 3.8) is 0 Å². The van der Waals surface area contributed by atoms with Crippen LogP contribution >= 0.6 is 0 Å². The SMILES string of the molecule is CC(NC(=O)/C(C#N)=C\N1CCN(Cc2ccccc2)CC1)c1ccccc1. The van der Waals surface area contributed by atoms with Crippen LogP contribution in [0.4, 0.5) is 0 Å². The van der Waals surface area contributed by atoms with Gasteiger partial charge in [-0.25, -0.2) is 0 Å². The van der Waals surface area contributed by atoms with E-state index in [0.29, 0.717) is 0 Å². The van der Waals surface area contributed by atoms with Crippen LogP contribution in [-0.2, 0) is 11.3 Å². The highest BCUT2D eigenvalue weighted by molar-refractivity contribution is 5.97. The van der Waals surface area contributed by atoms with Crippen molar-refractivity contribution >= 4 is 5.91 Å². The molecular weight excluding hydrogens is 348 g/mol. The van der Waals surface area contributed by atoms with Gasteiger partial charge in [-0.05, 0) is 18.1 Å². The summed E-state index contributed by atoms with van der Waals surface area (Å²) in [7, 11) is 0. The fourth-order valence-corrected chi connectivity index (χ4v) is 3.31. The van der Waals surface area contributed by atoms with E-state index in [9.17, 15) is 10.1 Å². The first-order valence-corrected chi connectivity index (χ1v) is 9.64. The fraction of sp³-hybridized carbons (Fsp3) is 0.304. The van der Waals surface area contributed by atoms with Crippen LogP contribution in [0, 0.1) is 11.3 Å². The van der Waals surface area contributed by atoms with Gasteiger partial charge < -0.3 is 10.2 Å². The van der Waals surface area contributed by atoms with Crippen molar-refractivity contribution in [3.05, 3.63) is 83.6 Å². The lowest BCUT2D eigenvalue weighted by Gasteiger charge is -2.34. The van der Waals surface area contributed by atoms with Crippen molar-refractivity contribution in [1.82, 2.24) is 15.1 Å². The third kappa shape index (κ3) is 5.45. The summed E-state index contributed by atoms with van der Waals surface area (Å²) >= 11 is 0. The Hall–Kier alpha value is -3.10. The number of carbonyl (C=O) groups excluding carboxylic acids is 1. The van der Waals surface area contributed by atoms with Gasteiger partial charge in [0.2, 0.25) is 0 Å². The van der Waals surface area contributed by atoms with Gasteiger partial charge in [-0.3, -0.25) is 9.69 Å². The zero-order valence-corrected chi connectivity index (χ0v) is 16.2. The van der Waals surface area contributed by atoms with Gasteiger partial charge >= 0.3 is 0 Å². The molecule has 28 heavy (non-hydrogen) atoms. The number of amides is 1. The molecule has 0 aromatic heterocycles. The Labute approximate surface area is 166 Å². The molecular formula is C23H26N4O. The van der Waals surface area contributed by atoms with Crippen LogP contribution < -0.4 is 5.32 Å². The van der Waals surface area contributed by atoms with Crippen LogP contribution in [0.25, 0.3) is 0 Å². The summed E-state index contributed by atoms with van der Waals surface area (Å²) in [4.78, 5) is 17.0. The number of piperazine rings is 1. The van der Waals surface area contributed by atoms with E-state index in [-0.39, 0.29) is 17.5 Å². The lowest BCUT2D eigenvalue weighted by molar-refractivity contribution is -0.117. The molecule has 0 spiro atoms. The first kappa shape index (κ1) is 19.7. The smallest absolute Gasteiger partial charge is 0.263 e. The Kier molecular flexibility index (Phi) is 6.83. The molecule has 0 bridgehead atoms. The van der Waals surface area contributed by atoms with Crippen molar-refractivity contribution in [3.8, 4) is 6.07 Å². The summed E-state index contributed by atoms with van der Waals surface area (Å²) in [6.45, 7) is 6.28. The van der Waals surface area contributed by atoms with Crippen molar-refractivity contribution in [1.29, 1.82) is 5.26 Å². The maximum absolute atomic E-state index is 12.5. The number of carbonyl (C=O) groups is 1. The van der Waals surface area contributed by atoms with Crippen LogP contribution in [0.15, 0.2) is 72.4 Å². The molecule has 0 saturated carbocycles. The molecule has 1 aliphatic rings. The molecule has 144 valence electrons. The van der Waals surface area contributed by atoms with Crippen LogP contribution in [0.2, 0.25) is 0 Å². The first-order chi connectivity index (χ1) is 13.7. The molecule has 1 saturated heterocycles. The van der Waals surface area contributed by atoms with E-state index in [4.69, 9.17) is 0 Å². The summed E-state index contributed by atoms with van der Waals surface area (Å²) in [5, 5.41) is 12.4. The average molecular weight is 374 g/mol. The number of benzene rings is 2. The predicted molar refractivity (Wildman–Crippen MR) is 110 cm³/mol. The van der Waals surface area contributed by atoms with Gasteiger partial charge in [-0.15, -0.1) is 0 Å². The summed E-state index contributed by atoms with van der Waals surface area (Å²) in [5.74, 6) is -0.328. The van der Waals surface area contributed by atoms with E-state index in [0.717, 1.165) is 38.3 Å². The predicted octanol–water partition coefficient (Wildman–Crippen LogP) is 3.09. The molecule has 2 aromatic carbocycles. The molecule has 5 nitrogen and oxygen atoms in total. The Bertz CT molecular complexity index is 834. The van der Waals surface area contributed by atoms with Crippen LogP contribution in [0.5, 0.6) is 0 Å². The number of hydrogen-bond acceptors (Lipinski definition) is 4. The number of nitriles is 1. The van der Waals surface area contributed by atoms with Crippen LogP contribution in [-0.4, -0.2) is 41.9 Å². The summed E-state index contributed by atoms with van der Waals surface area (Å²) in [6, 6.07) is 22.1. The average Bonchev–Trinajstić information content (AvgIpc) is 2.74. The number of nitrogens with one attached hydrogen (secondary N) is 1. The summed E-state index contributed by atoms with van der Waals surface area (Å²) < 4.78 is 0. The second-order valence-corrected chi connectivity index (χ2v) is 7.06. The van der Waals surface area contributed by atoms with Crippen molar-refractivity contribution in [2.75, 3.05) is 26.2 Å². The fourth-order valence-electron chi connectivity index (χ4n) is 3.31. The molecule has 1 unspecified atom stereocenters. The normalized spacial score (nSPS) is 16.3. The molecule has 1 fully saturated rings. The highest BCUT2D eigenvalue weighted by atomic mass is 16.1. The minimum Gasteiger partial charge on any atom is -0.374 e. The largest absolute Gasteiger partial charge is 0.374 e. The highest BCUT2D eigenvalue weighted by Gasteiger charge is 2.18. The Morgan fingerprint density at radius 3 is 2.29 bits per heavy atom. The number of hydrogen-bond donors (Lipinski definition) is 1. The zero-order valence-electron chi connectivity index (χ0n) is 16.2. The third-order valence-electron chi connectivity index (χ3n) is 4.98. The van der Waals surface area contributed by atoms with E-state index in [1.807, 2.05) is 43.3 Å². The van der Waals surface area contributed by atoms with Crippen molar-refractivity contribution < 1.29 is 4.79 Å². The lowest BCUT2D eigenvalue weighted by atomic mass is 10.1. The molecule has 0 aliphatic carbocycles. The zero-order chi connectivity index (χ0) is 19.8. The number of rotatable bonds is 6. The monoisotopic (exact) mass is 374 g/mol. The van der Waals surface area contributed by atoms with Crippen molar-refractivity contribution in [2.45, 2.75) is 19.5 Å². The van der Waals surface area contributed by atoms with Gasteiger partial charge in [0.25, 0.3) is 5.91 Å². The van der Waals surface area contributed by atoms with Crippen LogP contribution in [0.1, 0.15) is 24.1 Å². The van der Waals surface area contributed by atoms with Gasteiger partial charge in [-0.1, -0.05) is 60.7 Å². The molecule has 1 heterocycles. The van der Waals surface area contributed by atoms with Gasteiger partial charge in [-0.2, -0.15) is 5.26 Å². The second-order valence-electron chi connectivity index (χ2n) is 7.06. The van der Waals surface area contributed by atoms with E-state index >= 15 is 0 Å². The first-order valence-electron chi connectivity index (χ1n) is 9.64. The lowest BCUT2D eigenvalue weighted by Crippen LogP contribution is -2.44. The van der Waals surface area contributed by atoms with Gasteiger partial charge in [0.1, 0.15) is 11.6 Å². The van der Waals surface area contributed by atoms with E-state index < -0.39 is 0 Å². The van der Waals surface area contributed by atoms with Gasteiger partial charge in [0.15, 0.2) is 0 Å². The minimum absolute atomic E-state index is 0.145. The molecule has 5 heteroatoms. The Balaban J connectivity index is 1.53. The maximum atomic E-state index is 12.5. The van der Waals surface area contributed by atoms with Crippen LogP contribution in [0.3, 0.4) is 0 Å². The second kappa shape index (κ2) is 9.72. The van der Waals surface area contributed by atoms with Gasteiger partial charge in [0, 0.05) is 38.9 Å². The third-order valence-corrected chi connectivity index (χ3v) is 4.98. The van der Waals surface area contributed by atoms with Crippen molar-refractivity contribution in [2.24, 2.45) is 0 Å².